The Labute approximate surface area is 190 Å². The fourth-order valence-corrected chi connectivity index (χ4v) is 4.84. The third kappa shape index (κ3) is 3.78. The van der Waals surface area contributed by atoms with Gasteiger partial charge in [0.1, 0.15) is 11.5 Å². The lowest BCUT2D eigenvalue weighted by molar-refractivity contribution is 0.464. The summed E-state index contributed by atoms with van der Waals surface area (Å²) in [5, 5.41) is 21.0. The van der Waals surface area contributed by atoms with Crippen LogP contribution in [0.15, 0.2) is 84.9 Å². The van der Waals surface area contributed by atoms with Crippen LogP contribution in [0.25, 0.3) is 0 Å². The number of phenols is 2. The van der Waals surface area contributed by atoms with Crippen LogP contribution in [0.5, 0.6) is 11.5 Å². The highest BCUT2D eigenvalue weighted by atomic mass is 16.3. The zero-order chi connectivity index (χ0) is 22.9. The van der Waals surface area contributed by atoms with Gasteiger partial charge >= 0.3 is 0 Å². The largest absolute Gasteiger partial charge is 0.507 e. The van der Waals surface area contributed by atoms with Gasteiger partial charge < -0.3 is 10.2 Å². The lowest BCUT2D eigenvalue weighted by atomic mass is 9.65. The summed E-state index contributed by atoms with van der Waals surface area (Å²) in [4.78, 5) is 0. The molecule has 0 aliphatic carbocycles. The lowest BCUT2D eigenvalue weighted by Crippen LogP contribution is -2.32. The normalized spacial score (nSPS) is 11.5. The van der Waals surface area contributed by atoms with Crippen molar-refractivity contribution in [3.8, 4) is 11.5 Å². The highest BCUT2D eigenvalue weighted by Gasteiger charge is 2.38. The molecule has 0 aliphatic rings. The second-order valence-corrected chi connectivity index (χ2v) is 8.85. The predicted molar refractivity (Wildman–Crippen MR) is 132 cm³/mol. The standard InChI is InChI=1S/C30H30O2/c1-20-15-26(16-21(2)28(20)31)30(25-13-9-6-10-14-25,19-24-11-7-5-8-12-24)27-17-22(3)29(32)23(4)18-27/h5-18,31-32H,19H2,1-4H3. The van der Waals surface area contributed by atoms with Gasteiger partial charge in [0, 0.05) is 5.41 Å². The Bertz CT molecular complexity index is 1140. The molecule has 2 N–H and O–H groups in total. The van der Waals surface area contributed by atoms with Gasteiger partial charge in [-0.2, -0.15) is 0 Å². The number of benzene rings is 4. The Morgan fingerprint density at radius 2 is 0.906 bits per heavy atom. The highest BCUT2D eigenvalue weighted by molar-refractivity contribution is 5.58. The van der Waals surface area contributed by atoms with Gasteiger partial charge in [0.05, 0.1) is 0 Å². The summed E-state index contributed by atoms with van der Waals surface area (Å²) in [7, 11) is 0. The maximum atomic E-state index is 10.5. The first-order chi connectivity index (χ1) is 15.3. The molecule has 0 radical (unpaired) electrons. The van der Waals surface area contributed by atoms with E-state index in [4.69, 9.17) is 0 Å². The molecule has 4 aromatic carbocycles. The van der Waals surface area contributed by atoms with Crippen LogP contribution in [0.4, 0.5) is 0 Å². The Morgan fingerprint density at radius 1 is 0.531 bits per heavy atom. The lowest BCUT2D eigenvalue weighted by Gasteiger charge is -2.37. The number of aryl methyl sites for hydroxylation is 4. The second-order valence-electron chi connectivity index (χ2n) is 8.85. The third-order valence-electron chi connectivity index (χ3n) is 6.55. The van der Waals surface area contributed by atoms with Crippen molar-refractivity contribution in [2.45, 2.75) is 39.5 Å². The minimum absolute atomic E-state index is 0.341. The predicted octanol–water partition coefficient (Wildman–Crippen LogP) is 6.91. The summed E-state index contributed by atoms with van der Waals surface area (Å²) in [5.41, 5.74) is 7.62. The number of aromatic hydroxyl groups is 2. The molecule has 0 aromatic heterocycles. The summed E-state index contributed by atoms with van der Waals surface area (Å²) < 4.78 is 0. The SMILES string of the molecule is Cc1cc(C(Cc2ccccc2)(c2ccccc2)c2cc(C)c(O)c(C)c2)cc(C)c1O. The summed E-state index contributed by atoms with van der Waals surface area (Å²) in [6.45, 7) is 7.82. The molecular formula is C30H30O2. The van der Waals surface area contributed by atoms with E-state index in [1.165, 1.54) is 11.1 Å². The summed E-state index contributed by atoms with van der Waals surface area (Å²) in [6.07, 6.45) is 0.755. The fourth-order valence-electron chi connectivity index (χ4n) is 4.84. The van der Waals surface area contributed by atoms with Crippen molar-refractivity contribution in [1.82, 2.24) is 0 Å². The summed E-state index contributed by atoms with van der Waals surface area (Å²) >= 11 is 0. The first-order valence-corrected chi connectivity index (χ1v) is 11.0. The summed E-state index contributed by atoms with van der Waals surface area (Å²) in [6, 6.07) is 29.5. The molecule has 2 nitrogen and oxygen atoms in total. The maximum Gasteiger partial charge on any atom is 0.121 e. The van der Waals surface area contributed by atoms with Gasteiger partial charge in [0.2, 0.25) is 0 Å². The van der Waals surface area contributed by atoms with Crippen LogP contribution in [0.3, 0.4) is 0 Å². The molecule has 0 spiro atoms. The summed E-state index contributed by atoms with van der Waals surface area (Å²) in [5.74, 6) is 0.682. The van der Waals surface area contributed by atoms with E-state index in [0.717, 1.165) is 39.8 Å². The van der Waals surface area contributed by atoms with Gasteiger partial charge in [-0.1, -0.05) is 84.9 Å². The first-order valence-electron chi connectivity index (χ1n) is 11.0. The Hall–Kier alpha value is -3.52. The molecule has 0 amide bonds. The number of hydrogen-bond acceptors (Lipinski definition) is 2. The van der Waals surface area contributed by atoms with Gasteiger partial charge in [-0.05, 0) is 78.6 Å². The average Bonchev–Trinajstić information content (AvgIpc) is 2.80. The average molecular weight is 423 g/mol. The third-order valence-corrected chi connectivity index (χ3v) is 6.55. The van der Waals surface area contributed by atoms with Crippen molar-refractivity contribution < 1.29 is 10.2 Å². The second kappa shape index (κ2) is 8.55. The molecule has 32 heavy (non-hydrogen) atoms. The number of rotatable bonds is 5. The van der Waals surface area contributed by atoms with Crippen LogP contribution < -0.4 is 0 Å². The van der Waals surface area contributed by atoms with Crippen molar-refractivity contribution in [3.63, 3.8) is 0 Å². The van der Waals surface area contributed by atoms with Crippen molar-refractivity contribution in [2.75, 3.05) is 0 Å². The van der Waals surface area contributed by atoms with Gasteiger partial charge in [0.25, 0.3) is 0 Å². The molecule has 4 rings (SSSR count). The smallest absolute Gasteiger partial charge is 0.121 e. The van der Waals surface area contributed by atoms with Crippen LogP contribution in [0, 0.1) is 27.7 Å². The van der Waals surface area contributed by atoms with Crippen LogP contribution >= 0.6 is 0 Å². The molecule has 0 bridgehead atoms. The minimum atomic E-state index is -0.491. The van der Waals surface area contributed by atoms with Crippen molar-refractivity contribution in [3.05, 3.63) is 129 Å². The van der Waals surface area contributed by atoms with E-state index in [1.807, 2.05) is 39.8 Å². The van der Waals surface area contributed by atoms with E-state index in [-0.39, 0.29) is 0 Å². The Balaban J connectivity index is 2.12. The van der Waals surface area contributed by atoms with Crippen LogP contribution in [-0.2, 0) is 11.8 Å². The molecule has 0 fully saturated rings. The molecular weight excluding hydrogens is 392 g/mol. The van der Waals surface area contributed by atoms with Gasteiger partial charge in [0.15, 0.2) is 0 Å². The van der Waals surface area contributed by atoms with Crippen molar-refractivity contribution in [2.24, 2.45) is 0 Å². The monoisotopic (exact) mass is 422 g/mol. The van der Waals surface area contributed by atoms with Crippen LogP contribution in [-0.4, -0.2) is 10.2 Å². The zero-order valence-corrected chi connectivity index (χ0v) is 19.2. The number of phenolic OH excluding ortho intramolecular Hbond substituents is 2. The molecule has 162 valence electrons. The van der Waals surface area contributed by atoms with Crippen molar-refractivity contribution >= 4 is 0 Å². The van der Waals surface area contributed by atoms with Gasteiger partial charge in [-0.3, -0.25) is 0 Å². The van der Waals surface area contributed by atoms with Crippen LogP contribution in [0.1, 0.15) is 44.5 Å². The molecule has 0 atom stereocenters. The molecule has 0 saturated carbocycles. The maximum absolute atomic E-state index is 10.5. The highest BCUT2D eigenvalue weighted by Crippen LogP contribution is 2.45. The molecule has 2 heteroatoms. The Kier molecular flexibility index (Phi) is 5.80. The molecule has 0 saturated heterocycles. The Morgan fingerprint density at radius 3 is 1.31 bits per heavy atom. The van der Waals surface area contributed by atoms with Gasteiger partial charge in [-0.25, -0.2) is 0 Å². The van der Waals surface area contributed by atoms with E-state index in [0.29, 0.717) is 11.5 Å². The molecule has 0 aliphatic heterocycles. The molecule has 0 unspecified atom stereocenters. The number of hydrogen-bond donors (Lipinski definition) is 2. The van der Waals surface area contributed by atoms with E-state index >= 15 is 0 Å². The minimum Gasteiger partial charge on any atom is -0.507 e. The molecule has 0 heterocycles. The van der Waals surface area contributed by atoms with E-state index in [1.54, 1.807) is 0 Å². The van der Waals surface area contributed by atoms with Gasteiger partial charge in [-0.15, -0.1) is 0 Å². The quantitative estimate of drug-likeness (QED) is 0.343. The fraction of sp³-hybridized carbons (Fsp3) is 0.200. The first kappa shape index (κ1) is 21.7. The zero-order valence-electron chi connectivity index (χ0n) is 19.2. The molecule has 4 aromatic rings. The van der Waals surface area contributed by atoms with Crippen molar-refractivity contribution in [1.29, 1.82) is 0 Å². The topological polar surface area (TPSA) is 40.5 Å². The van der Waals surface area contributed by atoms with E-state index < -0.39 is 5.41 Å². The van der Waals surface area contributed by atoms with Crippen LogP contribution in [0.2, 0.25) is 0 Å². The van der Waals surface area contributed by atoms with E-state index in [2.05, 4.69) is 72.8 Å². The van der Waals surface area contributed by atoms with E-state index in [9.17, 15) is 10.2 Å².